The van der Waals surface area contributed by atoms with E-state index in [0.717, 1.165) is 17.2 Å². The van der Waals surface area contributed by atoms with Gasteiger partial charge in [0.2, 0.25) is 0 Å². The molecule has 3 nitrogen and oxygen atoms in total. The van der Waals surface area contributed by atoms with Gasteiger partial charge in [0, 0.05) is 35.1 Å². The maximum absolute atomic E-state index is 13.9. The van der Waals surface area contributed by atoms with Gasteiger partial charge in [-0.1, -0.05) is 47.5 Å². The molecular weight excluding hydrogens is 467 g/mol. The van der Waals surface area contributed by atoms with Gasteiger partial charge in [-0.25, -0.2) is 8.78 Å². The molecule has 3 aromatic rings. The van der Waals surface area contributed by atoms with E-state index in [4.69, 9.17) is 27.9 Å². The van der Waals surface area contributed by atoms with Gasteiger partial charge in [0.1, 0.15) is 11.6 Å². The predicted octanol–water partition coefficient (Wildman–Crippen LogP) is 6.64. The number of carbonyl (C=O) groups is 1. The molecule has 1 saturated heterocycles. The second kappa shape index (κ2) is 10.2. The quantitative estimate of drug-likeness (QED) is 0.348. The highest BCUT2D eigenvalue weighted by atomic mass is 35.5. The van der Waals surface area contributed by atoms with Gasteiger partial charge in [0.25, 0.3) is 0 Å². The van der Waals surface area contributed by atoms with E-state index in [9.17, 15) is 13.6 Å². The molecule has 1 unspecified atom stereocenters. The van der Waals surface area contributed by atoms with E-state index in [1.54, 1.807) is 6.92 Å². The van der Waals surface area contributed by atoms with Crippen molar-refractivity contribution < 1.29 is 18.3 Å². The molecule has 33 heavy (non-hydrogen) atoms. The number of halogens is 4. The summed E-state index contributed by atoms with van der Waals surface area (Å²) in [6.07, 6.45) is 0. The van der Waals surface area contributed by atoms with Gasteiger partial charge in [0.05, 0.1) is 18.6 Å². The van der Waals surface area contributed by atoms with Gasteiger partial charge >= 0.3 is 5.97 Å². The zero-order valence-corrected chi connectivity index (χ0v) is 19.5. The maximum atomic E-state index is 13.9. The molecule has 0 radical (unpaired) electrons. The maximum Gasteiger partial charge on any atom is 0.313 e. The van der Waals surface area contributed by atoms with Gasteiger partial charge in [-0.3, -0.25) is 9.69 Å². The number of ether oxygens (including phenoxy) is 1. The molecule has 0 N–H and O–H groups in total. The van der Waals surface area contributed by atoms with Crippen molar-refractivity contribution in [1.29, 1.82) is 0 Å². The third-order valence-corrected chi connectivity index (χ3v) is 6.43. The molecule has 0 amide bonds. The first kappa shape index (κ1) is 23.7. The summed E-state index contributed by atoms with van der Waals surface area (Å²) in [5, 5.41) is 1.29. The summed E-state index contributed by atoms with van der Waals surface area (Å²) in [5.41, 5.74) is 2.39. The smallest absolute Gasteiger partial charge is 0.313 e. The molecule has 4 rings (SSSR count). The zero-order valence-electron chi connectivity index (χ0n) is 18.0. The van der Waals surface area contributed by atoms with Crippen molar-refractivity contribution in [2.75, 3.05) is 19.7 Å². The third-order valence-electron chi connectivity index (χ3n) is 5.93. The van der Waals surface area contributed by atoms with E-state index in [1.807, 2.05) is 48.5 Å². The van der Waals surface area contributed by atoms with Gasteiger partial charge in [-0.15, -0.1) is 0 Å². The Morgan fingerprint density at radius 1 is 0.909 bits per heavy atom. The first-order valence-corrected chi connectivity index (χ1v) is 11.5. The Bertz CT molecular complexity index is 1050. The molecule has 1 aliphatic heterocycles. The lowest BCUT2D eigenvalue weighted by atomic mass is 9.79. The highest BCUT2D eigenvalue weighted by Gasteiger charge is 2.42. The van der Waals surface area contributed by atoms with Crippen molar-refractivity contribution >= 4 is 29.2 Å². The van der Waals surface area contributed by atoms with Crippen LogP contribution >= 0.6 is 23.2 Å². The Morgan fingerprint density at radius 3 is 1.85 bits per heavy atom. The van der Waals surface area contributed by atoms with Gasteiger partial charge in [-0.05, 0) is 60.0 Å². The van der Waals surface area contributed by atoms with Crippen LogP contribution in [0.4, 0.5) is 8.78 Å². The van der Waals surface area contributed by atoms with Crippen molar-refractivity contribution in [3.05, 3.63) is 105 Å². The Kier molecular flexibility index (Phi) is 7.32. The monoisotopic (exact) mass is 489 g/mol. The minimum atomic E-state index is -0.748. The Balaban J connectivity index is 1.62. The summed E-state index contributed by atoms with van der Waals surface area (Å²) < 4.78 is 33.1. The van der Waals surface area contributed by atoms with Crippen LogP contribution in [0.25, 0.3) is 0 Å². The average Bonchev–Trinajstić information content (AvgIpc) is 2.74. The largest absolute Gasteiger partial charge is 0.466 e. The Labute approximate surface area is 201 Å². The molecule has 0 aromatic heterocycles. The third kappa shape index (κ3) is 5.37. The molecule has 1 heterocycles. The molecule has 0 bridgehead atoms. The summed E-state index contributed by atoms with van der Waals surface area (Å²) in [7, 11) is 0. The summed E-state index contributed by atoms with van der Waals surface area (Å²) in [5.74, 6) is -2.79. The summed E-state index contributed by atoms with van der Waals surface area (Å²) in [4.78, 5) is 15.0. The molecule has 0 aliphatic carbocycles. The molecule has 3 aromatic carbocycles. The van der Waals surface area contributed by atoms with E-state index in [1.165, 1.54) is 12.1 Å². The number of benzene rings is 3. The van der Waals surface area contributed by atoms with Crippen molar-refractivity contribution in [1.82, 2.24) is 4.90 Å². The SMILES string of the molecule is CCOC(=O)C(c1cc(F)cc(F)c1)C1CN(C(c2ccc(Cl)cc2)c2ccc(Cl)cc2)C1. The number of likely N-dealkylation sites (tertiary alicyclic amines) is 1. The van der Waals surface area contributed by atoms with E-state index in [-0.39, 0.29) is 18.6 Å². The number of rotatable bonds is 7. The molecule has 0 saturated carbocycles. The van der Waals surface area contributed by atoms with Crippen LogP contribution < -0.4 is 0 Å². The number of hydrogen-bond acceptors (Lipinski definition) is 3. The van der Waals surface area contributed by atoms with Crippen molar-refractivity contribution in [2.24, 2.45) is 5.92 Å². The lowest BCUT2D eigenvalue weighted by Gasteiger charge is -2.47. The summed E-state index contributed by atoms with van der Waals surface area (Å²) in [6.45, 7) is 3.02. The summed E-state index contributed by atoms with van der Waals surface area (Å²) >= 11 is 12.2. The predicted molar refractivity (Wildman–Crippen MR) is 126 cm³/mol. The normalized spacial score (nSPS) is 15.3. The molecular formula is C26H23Cl2F2NO2. The van der Waals surface area contributed by atoms with E-state index in [0.29, 0.717) is 28.7 Å². The molecule has 1 aliphatic rings. The van der Waals surface area contributed by atoms with Crippen molar-refractivity contribution in [3.8, 4) is 0 Å². The van der Waals surface area contributed by atoms with Crippen LogP contribution in [-0.4, -0.2) is 30.6 Å². The van der Waals surface area contributed by atoms with Gasteiger partial charge in [-0.2, -0.15) is 0 Å². The second-order valence-electron chi connectivity index (χ2n) is 8.15. The fraction of sp³-hybridized carbons (Fsp3) is 0.269. The van der Waals surface area contributed by atoms with Crippen LogP contribution in [0.3, 0.4) is 0 Å². The van der Waals surface area contributed by atoms with Crippen molar-refractivity contribution in [2.45, 2.75) is 18.9 Å². The van der Waals surface area contributed by atoms with E-state index in [2.05, 4.69) is 4.90 Å². The van der Waals surface area contributed by atoms with Crippen LogP contribution in [0.1, 0.15) is 35.6 Å². The van der Waals surface area contributed by atoms with Crippen molar-refractivity contribution in [3.63, 3.8) is 0 Å². The molecule has 0 spiro atoms. The highest BCUT2D eigenvalue weighted by molar-refractivity contribution is 6.30. The van der Waals surface area contributed by atoms with Gasteiger partial charge < -0.3 is 4.74 Å². The number of carbonyl (C=O) groups excluding carboxylic acids is 1. The average molecular weight is 490 g/mol. The van der Waals surface area contributed by atoms with Crippen LogP contribution in [0.2, 0.25) is 10.0 Å². The Hall–Kier alpha value is -2.47. The molecule has 1 fully saturated rings. The second-order valence-corrected chi connectivity index (χ2v) is 9.02. The van der Waals surface area contributed by atoms with Crippen LogP contribution in [0.15, 0.2) is 66.7 Å². The number of esters is 1. The molecule has 1 atom stereocenters. The van der Waals surface area contributed by atoms with E-state index >= 15 is 0 Å². The fourth-order valence-corrected chi connectivity index (χ4v) is 4.71. The zero-order chi connectivity index (χ0) is 23.5. The fourth-order valence-electron chi connectivity index (χ4n) is 4.46. The summed E-state index contributed by atoms with van der Waals surface area (Å²) in [6, 6.07) is 18.4. The van der Waals surface area contributed by atoms with Crippen LogP contribution in [0, 0.1) is 17.6 Å². The molecule has 172 valence electrons. The first-order valence-electron chi connectivity index (χ1n) is 10.7. The van der Waals surface area contributed by atoms with Crippen LogP contribution in [-0.2, 0) is 9.53 Å². The lowest BCUT2D eigenvalue weighted by molar-refractivity contribution is -0.148. The highest BCUT2D eigenvalue weighted by Crippen LogP contribution is 2.41. The first-order chi connectivity index (χ1) is 15.9. The van der Waals surface area contributed by atoms with Gasteiger partial charge in [0.15, 0.2) is 0 Å². The topological polar surface area (TPSA) is 29.5 Å². The lowest BCUT2D eigenvalue weighted by Crippen LogP contribution is -2.52. The minimum Gasteiger partial charge on any atom is -0.466 e. The number of hydrogen-bond donors (Lipinski definition) is 0. The Morgan fingerprint density at radius 2 is 1.39 bits per heavy atom. The molecule has 7 heteroatoms. The van der Waals surface area contributed by atoms with E-state index < -0.39 is 23.5 Å². The minimum absolute atomic E-state index is 0.0807. The number of nitrogens with zero attached hydrogens (tertiary/aromatic N) is 1. The van der Waals surface area contributed by atoms with Crippen LogP contribution in [0.5, 0.6) is 0 Å². The standard InChI is InChI=1S/C26H23Cl2F2NO2/c1-2-33-26(32)24(18-11-22(29)13-23(30)12-18)19-14-31(15-19)25(16-3-7-20(27)8-4-16)17-5-9-21(28)10-6-17/h3-13,19,24-25H,2,14-15H2,1H3.